The van der Waals surface area contributed by atoms with Crippen molar-refractivity contribution < 1.29 is 4.84 Å². The maximum Gasteiger partial charge on any atom is 0.141 e. The molecule has 3 N–H and O–H groups in total. The molecule has 1 saturated heterocycles. The highest BCUT2D eigenvalue weighted by molar-refractivity contribution is 4.38. The van der Waals surface area contributed by atoms with Gasteiger partial charge in [0.1, 0.15) is 6.23 Å². The molecule has 1 aliphatic rings. The number of rotatable bonds is 0. The summed E-state index contributed by atoms with van der Waals surface area (Å²) in [6.45, 7) is 1.88. The normalized spacial score (nSPS) is 34.5. The van der Waals surface area contributed by atoms with Crippen LogP contribution < -0.4 is 16.5 Å². The minimum Gasteiger partial charge on any atom is -0.266 e. The summed E-state index contributed by atoms with van der Waals surface area (Å²) in [7, 11) is 0. The Labute approximate surface area is 35.8 Å². The van der Waals surface area contributed by atoms with Gasteiger partial charge in [-0.1, -0.05) is 0 Å². The molecule has 1 fully saturated rings. The average Bonchev–Trinajstić information content (AvgIpc) is 1.86. The molecule has 1 atom stereocenters. The van der Waals surface area contributed by atoms with Gasteiger partial charge in [0.2, 0.25) is 0 Å². The average molecular weight is 89.1 g/mol. The Bertz CT molecular complexity index is 42.1. The minimum absolute atomic E-state index is 0.0741. The third-order valence-corrected chi connectivity index (χ3v) is 0.562. The highest BCUT2D eigenvalue weighted by atomic mass is 16.7. The molecule has 0 spiro atoms. The Hall–Kier alpha value is -0.160. The SMILES string of the molecule is CC1NNNO1. The van der Waals surface area contributed by atoms with Crippen LogP contribution in [-0.2, 0) is 4.84 Å². The van der Waals surface area contributed by atoms with E-state index in [0.29, 0.717) is 0 Å². The predicted octanol–water partition coefficient (Wildman–Crippen LogP) is -1.12. The second kappa shape index (κ2) is 1.53. The Morgan fingerprint density at radius 3 is 2.67 bits per heavy atom. The molecule has 0 saturated carbocycles. The molecule has 6 heavy (non-hydrogen) atoms. The fourth-order valence-corrected chi connectivity index (χ4v) is 0.278. The van der Waals surface area contributed by atoms with Crippen LogP contribution >= 0.6 is 0 Å². The largest absolute Gasteiger partial charge is 0.266 e. The lowest BCUT2D eigenvalue weighted by Crippen LogP contribution is -2.32. The first-order valence-electron chi connectivity index (χ1n) is 1.81. The second-order valence-corrected chi connectivity index (χ2v) is 1.13. The molecule has 0 amide bonds. The molecule has 0 radical (unpaired) electrons. The molecule has 0 aromatic rings. The van der Waals surface area contributed by atoms with E-state index >= 15 is 0 Å². The van der Waals surface area contributed by atoms with E-state index in [1.54, 1.807) is 0 Å². The maximum atomic E-state index is 4.68. The van der Waals surface area contributed by atoms with Gasteiger partial charge in [0.15, 0.2) is 0 Å². The van der Waals surface area contributed by atoms with Crippen LogP contribution in [0.2, 0.25) is 0 Å². The zero-order chi connectivity index (χ0) is 4.41. The molecule has 36 valence electrons. The van der Waals surface area contributed by atoms with Gasteiger partial charge in [0.05, 0.1) is 0 Å². The van der Waals surface area contributed by atoms with Gasteiger partial charge in [-0.05, 0) is 6.92 Å². The van der Waals surface area contributed by atoms with Gasteiger partial charge in [-0.3, -0.25) is 4.84 Å². The van der Waals surface area contributed by atoms with Crippen LogP contribution in [-0.4, -0.2) is 6.23 Å². The third-order valence-electron chi connectivity index (χ3n) is 0.562. The molecular formula is C2H7N3O. The fourth-order valence-electron chi connectivity index (χ4n) is 0.278. The predicted molar refractivity (Wildman–Crippen MR) is 20.0 cm³/mol. The van der Waals surface area contributed by atoms with E-state index < -0.39 is 0 Å². The van der Waals surface area contributed by atoms with E-state index in [1.165, 1.54) is 0 Å². The van der Waals surface area contributed by atoms with Gasteiger partial charge < -0.3 is 0 Å². The molecule has 4 nitrogen and oxygen atoms in total. The van der Waals surface area contributed by atoms with E-state index in [2.05, 4.69) is 21.4 Å². The van der Waals surface area contributed by atoms with E-state index in [4.69, 9.17) is 0 Å². The van der Waals surface area contributed by atoms with E-state index in [1.807, 2.05) is 6.92 Å². The highest BCUT2D eigenvalue weighted by Crippen LogP contribution is 1.79. The van der Waals surface area contributed by atoms with E-state index in [-0.39, 0.29) is 6.23 Å². The van der Waals surface area contributed by atoms with Crippen LogP contribution in [0.25, 0.3) is 0 Å². The summed E-state index contributed by atoms with van der Waals surface area (Å²) in [6.07, 6.45) is 0.0741. The van der Waals surface area contributed by atoms with Crippen molar-refractivity contribution in [1.29, 1.82) is 0 Å². The Balaban J connectivity index is 2.18. The lowest BCUT2D eigenvalue weighted by Gasteiger charge is -1.91. The monoisotopic (exact) mass is 89.1 g/mol. The van der Waals surface area contributed by atoms with Crippen molar-refractivity contribution >= 4 is 0 Å². The van der Waals surface area contributed by atoms with Crippen molar-refractivity contribution in [3.63, 3.8) is 0 Å². The van der Waals surface area contributed by atoms with Crippen molar-refractivity contribution in [2.24, 2.45) is 0 Å². The molecule has 1 heterocycles. The molecule has 0 aromatic heterocycles. The summed E-state index contributed by atoms with van der Waals surface area (Å²) in [5, 5.41) is 0. The topological polar surface area (TPSA) is 45.3 Å². The Morgan fingerprint density at radius 1 is 1.67 bits per heavy atom. The zero-order valence-corrected chi connectivity index (χ0v) is 3.49. The highest BCUT2D eigenvalue weighted by Gasteiger charge is 2.04. The van der Waals surface area contributed by atoms with E-state index in [9.17, 15) is 0 Å². The van der Waals surface area contributed by atoms with Gasteiger partial charge in [0, 0.05) is 0 Å². The summed E-state index contributed by atoms with van der Waals surface area (Å²) in [4.78, 5) is 4.68. The van der Waals surface area contributed by atoms with Crippen LogP contribution in [0.4, 0.5) is 0 Å². The van der Waals surface area contributed by atoms with Crippen LogP contribution in [0.1, 0.15) is 6.92 Å². The quantitative estimate of drug-likeness (QED) is 0.351. The van der Waals surface area contributed by atoms with Crippen molar-refractivity contribution in [3.8, 4) is 0 Å². The first-order chi connectivity index (χ1) is 2.89. The minimum atomic E-state index is 0.0741. The lowest BCUT2D eigenvalue weighted by atomic mass is 10.7. The molecule has 0 bridgehead atoms. The van der Waals surface area contributed by atoms with Gasteiger partial charge in [-0.15, -0.1) is 5.59 Å². The standard InChI is InChI=1S/C2H7N3O/c1-2-3-4-5-6-2/h2-5H,1H3. The number of nitrogens with one attached hydrogen (secondary N) is 3. The molecule has 0 aliphatic carbocycles. The summed E-state index contributed by atoms with van der Waals surface area (Å²) in [5.41, 5.74) is 7.70. The number of hydrazine groups is 2. The van der Waals surface area contributed by atoms with Gasteiger partial charge in [-0.25, -0.2) is 5.43 Å². The first-order valence-corrected chi connectivity index (χ1v) is 1.81. The lowest BCUT2D eigenvalue weighted by molar-refractivity contribution is 0.0312. The van der Waals surface area contributed by atoms with Crippen molar-refractivity contribution in [3.05, 3.63) is 0 Å². The van der Waals surface area contributed by atoms with Crippen LogP contribution in [0, 0.1) is 0 Å². The van der Waals surface area contributed by atoms with Crippen molar-refractivity contribution in [2.45, 2.75) is 13.2 Å². The van der Waals surface area contributed by atoms with Crippen LogP contribution in [0.3, 0.4) is 0 Å². The summed E-state index contributed by atoms with van der Waals surface area (Å²) >= 11 is 0. The smallest absolute Gasteiger partial charge is 0.141 e. The van der Waals surface area contributed by atoms with E-state index in [0.717, 1.165) is 0 Å². The summed E-state index contributed by atoms with van der Waals surface area (Å²) in [5.74, 6) is 0. The number of hydrogen-bond acceptors (Lipinski definition) is 4. The molecular weight excluding hydrogens is 82.0 g/mol. The number of hydrogen-bond donors (Lipinski definition) is 3. The first kappa shape index (κ1) is 4.01. The van der Waals surface area contributed by atoms with Crippen molar-refractivity contribution in [2.75, 3.05) is 0 Å². The van der Waals surface area contributed by atoms with Crippen LogP contribution in [0.15, 0.2) is 0 Å². The Morgan fingerprint density at radius 2 is 2.50 bits per heavy atom. The van der Waals surface area contributed by atoms with Crippen molar-refractivity contribution in [1.82, 2.24) is 16.5 Å². The zero-order valence-electron chi connectivity index (χ0n) is 3.49. The molecule has 1 rings (SSSR count). The molecule has 1 unspecified atom stereocenters. The Kier molecular flexibility index (Phi) is 1.02. The third kappa shape index (κ3) is 0.662. The molecule has 0 aromatic carbocycles. The molecule has 1 aliphatic heterocycles. The van der Waals surface area contributed by atoms with Crippen LogP contribution in [0.5, 0.6) is 0 Å². The summed E-state index contributed by atoms with van der Waals surface area (Å²) in [6, 6.07) is 0. The summed E-state index contributed by atoms with van der Waals surface area (Å²) < 4.78 is 0. The second-order valence-electron chi connectivity index (χ2n) is 1.13. The maximum absolute atomic E-state index is 4.68. The fraction of sp³-hybridized carbons (Fsp3) is 1.00. The van der Waals surface area contributed by atoms with Gasteiger partial charge in [0.25, 0.3) is 0 Å². The molecule has 4 heteroatoms. The van der Waals surface area contributed by atoms with Gasteiger partial charge >= 0.3 is 0 Å². The van der Waals surface area contributed by atoms with Gasteiger partial charge in [-0.2, -0.15) is 5.53 Å².